The van der Waals surface area contributed by atoms with Gasteiger partial charge in [-0.25, -0.2) is 0 Å². The Kier molecular flexibility index (Phi) is 4.40. The van der Waals surface area contributed by atoms with Gasteiger partial charge in [-0.1, -0.05) is 32.1 Å². The third-order valence-corrected chi connectivity index (χ3v) is 6.34. The van der Waals surface area contributed by atoms with Crippen molar-refractivity contribution in [2.75, 3.05) is 0 Å². The van der Waals surface area contributed by atoms with Gasteiger partial charge in [-0.15, -0.1) is 0 Å². The first-order chi connectivity index (χ1) is 7.83. The van der Waals surface area contributed by atoms with Crippen molar-refractivity contribution in [1.82, 2.24) is 0 Å². The maximum absolute atomic E-state index is 12.5. The summed E-state index contributed by atoms with van der Waals surface area (Å²) in [5, 5.41) is 9.70. The van der Waals surface area contributed by atoms with E-state index in [1.54, 1.807) is 0 Å². The number of nitriles is 1. The lowest BCUT2D eigenvalue weighted by Crippen LogP contribution is -2.35. The molecule has 2 rings (SSSR count). The second-order valence-corrected chi connectivity index (χ2v) is 7.08. The SMILES string of the molecule is N#CC1CCCCC1S(=O)C1CCCCC1. The van der Waals surface area contributed by atoms with Crippen LogP contribution in [0.1, 0.15) is 57.8 Å². The molecule has 0 aromatic carbocycles. The van der Waals surface area contributed by atoms with E-state index in [4.69, 9.17) is 5.26 Å². The van der Waals surface area contributed by atoms with Crippen LogP contribution in [0.3, 0.4) is 0 Å². The first kappa shape index (κ1) is 12.1. The summed E-state index contributed by atoms with van der Waals surface area (Å²) in [5.41, 5.74) is 0. The molecule has 0 N–H and O–H groups in total. The standard InChI is InChI=1S/C13H21NOS/c14-10-11-6-4-5-9-13(11)16(15)12-7-2-1-3-8-12/h11-13H,1-9H2. The van der Waals surface area contributed by atoms with Crippen LogP contribution in [0.25, 0.3) is 0 Å². The molecule has 2 nitrogen and oxygen atoms in total. The molecule has 3 unspecified atom stereocenters. The lowest BCUT2D eigenvalue weighted by Gasteiger charge is -2.31. The van der Waals surface area contributed by atoms with Crippen LogP contribution in [-0.2, 0) is 10.8 Å². The Morgan fingerprint density at radius 3 is 2.25 bits per heavy atom. The molecule has 2 aliphatic rings. The Morgan fingerprint density at radius 2 is 1.56 bits per heavy atom. The minimum atomic E-state index is -0.745. The van der Waals surface area contributed by atoms with Gasteiger partial charge in [-0.05, 0) is 25.7 Å². The molecule has 0 spiro atoms. The van der Waals surface area contributed by atoms with E-state index in [0.717, 1.165) is 32.1 Å². The van der Waals surface area contributed by atoms with Crippen molar-refractivity contribution in [3.8, 4) is 6.07 Å². The molecule has 90 valence electrons. The first-order valence-electron chi connectivity index (χ1n) is 6.62. The fraction of sp³-hybridized carbons (Fsp3) is 0.923. The van der Waals surface area contributed by atoms with Crippen LogP contribution in [0, 0.1) is 17.2 Å². The lowest BCUT2D eigenvalue weighted by molar-refractivity contribution is 0.423. The Morgan fingerprint density at radius 1 is 0.938 bits per heavy atom. The highest BCUT2D eigenvalue weighted by Gasteiger charge is 2.34. The van der Waals surface area contributed by atoms with Gasteiger partial charge < -0.3 is 0 Å². The van der Waals surface area contributed by atoms with Crippen molar-refractivity contribution in [1.29, 1.82) is 5.26 Å². The molecule has 0 amide bonds. The Hall–Kier alpha value is -0.360. The van der Waals surface area contributed by atoms with Crippen molar-refractivity contribution in [2.24, 2.45) is 5.92 Å². The second kappa shape index (κ2) is 5.82. The van der Waals surface area contributed by atoms with Crippen molar-refractivity contribution in [3.63, 3.8) is 0 Å². The van der Waals surface area contributed by atoms with Gasteiger partial charge in [0.1, 0.15) is 0 Å². The zero-order valence-electron chi connectivity index (χ0n) is 9.86. The smallest absolute Gasteiger partial charge is 0.0668 e. The van der Waals surface area contributed by atoms with Crippen LogP contribution in [0.4, 0.5) is 0 Å². The number of hydrogen-bond acceptors (Lipinski definition) is 2. The molecule has 0 aromatic rings. The van der Waals surface area contributed by atoms with Gasteiger partial charge >= 0.3 is 0 Å². The first-order valence-corrected chi connectivity index (χ1v) is 7.89. The second-order valence-electron chi connectivity index (χ2n) is 5.15. The fourth-order valence-electron chi connectivity index (χ4n) is 3.07. The molecule has 2 fully saturated rings. The van der Waals surface area contributed by atoms with Gasteiger partial charge in [0.05, 0.1) is 17.2 Å². The summed E-state index contributed by atoms with van der Waals surface area (Å²) in [4.78, 5) is 0. The molecule has 2 saturated carbocycles. The number of nitrogens with zero attached hydrogens (tertiary/aromatic N) is 1. The lowest BCUT2D eigenvalue weighted by atomic mass is 9.90. The van der Waals surface area contributed by atoms with Gasteiger partial charge in [0.2, 0.25) is 0 Å². The maximum Gasteiger partial charge on any atom is 0.0668 e. The zero-order chi connectivity index (χ0) is 11.4. The minimum absolute atomic E-state index is 0.0662. The highest BCUT2D eigenvalue weighted by atomic mass is 32.2. The highest BCUT2D eigenvalue weighted by Crippen LogP contribution is 2.32. The van der Waals surface area contributed by atoms with Crippen LogP contribution >= 0.6 is 0 Å². The summed E-state index contributed by atoms with van der Waals surface area (Å²) in [6.07, 6.45) is 10.3. The highest BCUT2D eigenvalue weighted by molar-refractivity contribution is 7.86. The van der Waals surface area contributed by atoms with Crippen molar-refractivity contribution in [3.05, 3.63) is 0 Å². The van der Waals surface area contributed by atoms with Crippen LogP contribution in [0.5, 0.6) is 0 Å². The van der Waals surface area contributed by atoms with E-state index in [2.05, 4.69) is 6.07 Å². The van der Waals surface area contributed by atoms with Crippen LogP contribution in [0.2, 0.25) is 0 Å². The van der Waals surface area contributed by atoms with E-state index < -0.39 is 10.8 Å². The summed E-state index contributed by atoms with van der Waals surface area (Å²) < 4.78 is 12.5. The van der Waals surface area contributed by atoms with Gasteiger partial charge in [0.25, 0.3) is 0 Å². The molecule has 0 heterocycles. The zero-order valence-corrected chi connectivity index (χ0v) is 10.7. The van der Waals surface area contributed by atoms with Crippen LogP contribution < -0.4 is 0 Å². The molecule has 0 bridgehead atoms. The predicted molar refractivity (Wildman–Crippen MR) is 66.4 cm³/mol. The average molecular weight is 239 g/mol. The van der Waals surface area contributed by atoms with E-state index >= 15 is 0 Å². The largest absolute Gasteiger partial charge is 0.259 e. The van der Waals surface area contributed by atoms with Gasteiger partial charge in [0.15, 0.2) is 0 Å². The minimum Gasteiger partial charge on any atom is -0.259 e. The molecular formula is C13H21NOS. The summed E-state index contributed by atoms with van der Waals surface area (Å²) in [5.74, 6) is 0.0662. The maximum atomic E-state index is 12.5. The van der Waals surface area contributed by atoms with Crippen LogP contribution in [0.15, 0.2) is 0 Å². The molecule has 2 aliphatic carbocycles. The third kappa shape index (κ3) is 2.66. The van der Waals surface area contributed by atoms with E-state index in [-0.39, 0.29) is 11.2 Å². The van der Waals surface area contributed by atoms with Gasteiger partial charge in [0, 0.05) is 16.0 Å². The Labute approximate surface area is 101 Å². The van der Waals surface area contributed by atoms with E-state index in [1.807, 2.05) is 0 Å². The van der Waals surface area contributed by atoms with Crippen molar-refractivity contribution in [2.45, 2.75) is 68.3 Å². The molecule has 3 heteroatoms. The predicted octanol–water partition coefficient (Wildman–Crippen LogP) is 3.15. The number of hydrogen-bond donors (Lipinski definition) is 0. The van der Waals surface area contributed by atoms with Crippen molar-refractivity contribution < 1.29 is 4.21 Å². The van der Waals surface area contributed by atoms with Gasteiger partial charge in [-0.3, -0.25) is 4.21 Å². The summed E-state index contributed by atoms with van der Waals surface area (Å²) >= 11 is 0. The molecule has 0 radical (unpaired) electrons. The molecule has 0 saturated heterocycles. The van der Waals surface area contributed by atoms with Crippen LogP contribution in [-0.4, -0.2) is 14.7 Å². The Balaban J connectivity index is 1.98. The van der Waals surface area contributed by atoms with E-state index in [0.29, 0.717) is 5.25 Å². The van der Waals surface area contributed by atoms with Gasteiger partial charge in [-0.2, -0.15) is 5.26 Å². The fourth-order valence-corrected chi connectivity index (χ4v) is 5.28. The average Bonchev–Trinajstić information content (AvgIpc) is 2.39. The normalized spacial score (nSPS) is 34.2. The van der Waals surface area contributed by atoms with E-state index in [9.17, 15) is 4.21 Å². The van der Waals surface area contributed by atoms with E-state index in [1.165, 1.54) is 25.7 Å². The summed E-state index contributed by atoms with van der Waals surface area (Å²) in [6, 6.07) is 2.38. The Bertz CT molecular complexity index is 291. The molecule has 0 aliphatic heterocycles. The number of rotatable bonds is 2. The molecule has 0 aromatic heterocycles. The quantitative estimate of drug-likeness (QED) is 0.742. The summed E-state index contributed by atoms with van der Waals surface area (Å²) in [7, 11) is -0.745. The topological polar surface area (TPSA) is 40.9 Å². The summed E-state index contributed by atoms with van der Waals surface area (Å²) in [6.45, 7) is 0. The third-order valence-electron chi connectivity index (χ3n) is 4.05. The molecule has 3 atom stereocenters. The monoisotopic (exact) mass is 239 g/mol. The molecule has 16 heavy (non-hydrogen) atoms. The van der Waals surface area contributed by atoms with Crippen molar-refractivity contribution >= 4 is 10.8 Å². The molecular weight excluding hydrogens is 218 g/mol.